The van der Waals surface area contributed by atoms with Gasteiger partial charge in [0.25, 0.3) is 5.91 Å². The van der Waals surface area contributed by atoms with Crippen LogP contribution in [-0.4, -0.2) is 48.6 Å². The maximum absolute atomic E-state index is 14.0. The highest BCUT2D eigenvalue weighted by Gasteiger charge is 2.28. The Labute approximate surface area is 188 Å². The van der Waals surface area contributed by atoms with E-state index in [1.165, 1.54) is 23.0 Å². The van der Waals surface area contributed by atoms with E-state index in [1.54, 1.807) is 0 Å². The quantitative estimate of drug-likeness (QED) is 0.429. The molecule has 0 spiro atoms. The van der Waals surface area contributed by atoms with E-state index in [-0.39, 0.29) is 23.3 Å². The summed E-state index contributed by atoms with van der Waals surface area (Å²) in [5, 5.41) is 23.2. The number of pyridine rings is 1. The van der Waals surface area contributed by atoms with Crippen LogP contribution in [0.4, 0.5) is 21.6 Å². The van der Waals surface area contributed by atoms with Crippen LogP contribution in [0.2, 0.25) is 0 Å². The van der Waals surface area contributed by atoms with Crippen LogP contribution >= 0.6 is 0 Å². The number of carboxylic acid groups (broad SMARTS) is 1. The third-order valence-electron chi connectivity index (χ3n) is 6.09. The predicted molar refractivity (Wildman–Crippen MR) is 119 cm³/mol. The number of aromatic nitrogens is 4. The van der Waals surface area contributed by atoms with Crippen LogP contribution in [0.3, 0.4) is 0 Å². The summed E-state index contributed by atoms with van der Waals surface area (Å²) in [7, 11) is 0. The van der Waals surface area contributed by atoms with Gasteiger partial charge in [-0.05, 0) is 44.6 Å². The average Bonchev–Trinajstić information content (AvgIpc) is 3.51. The van der Waals surface area contributed by atoms with Crippen LogP contribution < -0.4 is 16.0 Å². The number of carbonyl (C=O) groups is 2. The molecular formula is C22H24FN7O3. The Kier molecular flexibility index (Phi) is 5.53. The van der Waals surface area contributed by atoms with E-state index >= 15 is 0 Å². The molecule has 5 rings (SSSR count). The summed E-state index contributed by atoms with van der Waals surface area (Å²) in [5.41, 5.74) is 1.44. The zero-order valence-electron chi connectivity index (χ0n) is 17.8. The maximum atomic E-state index is 14.0. The van der Waals surface area contributed by atoms with Gasteiger partial charge in [0.2, 0.25) is 0 Å². The molecule has 0 atom stereocenters. The number of carbonyl (C=O) groups excluding carboxylic acids is 1. The summed E-state index contributed by atoms with van der Waals surface area (Å²) in [4.78, 5) is 32.2. The van der Waals surface area contributed by atoms with Crippen LogP contribution in [0.1, 0.15) is 49.0 Å². The van der Waals surface area contributed by atoms with E-state index in [0.29, 0.717) is 30.3 Å². The first kappa shape index (κ1) is 21.1. The first-order chi connectivity index (χ1) is 16.0. The number of fused-ring (bicyclic) bond motifs is 1. The molecule has 0 radical (unpaired) electrons. The number of hydrogen-bond donors (Lipinski definition) is 4. The maximum Gasteiger partial charge on any atom is 0.306 e. The molecular weight excluding hydrogens is 429 g/mol. The van der Waals surface area contributed by atoms with Crippen LogP contribution in [0.25, 0.3) is 5.65 Å². The predicted octanol–water partition coefficient (Wildman–Crippen LogP) is 3.15. The van der Waals surface area contributed by atoms with E-state index < -0.39 is 17.7 Å². The van der Waals surface area contributed by atoms with E-state index in [0.717, 1.165) is 37.6 Å². The van der Waals surface area contributed by atoms with Gasteiger partial charge in [-0.1, -0.05) is 0 Å². The summed E-state index contributed by atoms with van der Waals surface area (Å²) >= 11 is 0. The summed E-state index contributed by atoms with van der Waals surface area (Å²) in [6.45, 7) is 0. The number of nitrogens with one attached hydrogen (secondary N) is 3. The molecule has 3 heterocycles. The minimum absolute atomic E-state index is 0.0192. The number of halogens is 1. The van der Waals surface area contributed by atoms with Crippen molar-refractivity contribution >= 4 is 34.7 Å². The Morgan fingerprint density at radius 2 is 1.76 bits per heavy atom. The number of nitrogens with zero attached hydrogens (tertiary/aromatic N) is 4. The third-order valence-corrected chi connectivity index (χ3v) is 6.09. The molecule has 2 saturated carbocycles. The van der Waals surface area contributed by atoms with Gasteiger partial charge in [-0.3, -0.25) is 14.6 Å². The zero-order chi connectivity index (χ0) is 22.9. The highest BCUT2D eigenvalue weighted by molar-refractivity contribution is 6.03. The fraction of sp³-hybridized carbons (Fsp3) is 0.409. The third kappa shape index (κ3) is 4.57. The Hall–Kier alpha value is -3.76. The highest BCUT2D eigenvalue weighted by atomic mass is 19.1. The lowest BCUT2D eigenvalue weighted by Crippen LogP contribution is -2.30. The Balaban J connectivity index is 1.42. The van der Waals surface area contributed by atoms with Gasteiger partial charge in [-0.25, -0.2) is 13.9 Å². The molecule has 10 nitrogen and oxygen atoms in total. The molecule has 3 aromatic heterocycles. The van der Waals surface area contributed by atoms with E-state index in [4.69, 9.17) is 0 Å². The summed E-state index contributed by atoms with van der Waals surface area (Å²) in [6, 6.07) is 3.69. The van der Waals surface area contributed by atoms with Crippen molar-refractivity contribution in [2.24, 2.45) is 5.92 Å². The zero-order valence-corrected chi connectivity index (χ0v) is 17.8. The summed E-state index contributed by atoms with van der Waals surface area (Å²) < 4.78 is 15.4. The van der Waals surface area contributed by atoms with Crippen molar-refractivity contribution in [1.29, 1.82) is 0 Å². The van der Waals surface area contributed by atoms with E-state index in [2.05, 4.69) is 31.0 Å². The number of amides is 1. The molecule has 4 N–H and O–H groups in total. The molecule has 33 heavy (non-hydrogen) atoms. The lowest BCUT2D eigenvalue weighted by atomic mass is 9.86. The second kappa shape index (κ2) is 8.64. The Bertz CT molecular complexity index is 1200. The number of carboxylic acids is 1. The lowest BCUT2D eigenvalue weighted by Gasteiger charge is -2.27. The standard InChI is InChI=1S/C22H24FN7O3/c23-15-10-24-8-7-16(15)28-21(31)18-11-25-20-17(26-13-5-6-13)9-19(29-30(18)20)27-14-3-1-12(2-4-14)22(32)33/h7-14,26H,1-6H2,(H,27,29)(H,32,33)(H,24,28,31). The molecule has 0 aromatic carbocycles. The van der Waals surface area contributed by atoms with Crippen molar-refractivity contribution in [2.75, 3.05) is 16.0 Å². The number of imidazole rings is 1. The van der Waals surface area contributed by atoms with Gasteiger partial charge in [0.15, 0.2) is 17.2 Å². The molecule has 2 aliphatic rings. The van der Waals surface area contributed by atoms with Gasteiger partial charge in [0.1, 0.15) is 5.82 Å². The van der Waals surface area contributed by atoms with Crippen molar-refractivity contribution in [2.45, 2.75) is 50.6 Å². The fourth-order valence-corrected chi connectivity index (χ4v) is 4.10. The summed E-state index contributed by atoms with van der Waals surface area (Å²) in [5.74, 6) is -1.67. The molecule has 2 aliphatic carbocycles. The fourth-order valence-electron chi connectivity index (χ4n) is 4.10. The minimum atomic E-state index is -0.747. The average molecular weight is 453 g/mol. The molecule has 2 fully saturated rings. The van der Waals surface area contributed by atoms with Gasteiger partial charge < -0.3 is 21.1 Å². The van der Waals surface area contributed by atoms with Gasteiger partial charge in [0.05, 0.1) is 29.7 Å². The van der Waals surface area contributed by atoms with Gasteiger partial charge in [0, 0.05) is 24.3 Å². The smallest absolute Gasteiger partial charge is 0.306 e. The minimum Gasteiger partial charge on any atom is -0.481 e. The molecule has 11 heteroatoms. The SMILES string of the molecule is O=C(Nc1ccncc1F)c1cnc2c(NC3CC3)cc(NC3CCC(C(=O)O)CC3)nn12. The Morgan fingerprint density at radius 1 is 1.03 bits per heavy atom. The second-order valence-corrected chi connectivity index (χ2v) is 8.58. The van der Waals surface area contributed by atoms with Crippen LogP contribution in [0, 0.1) is 11.7 Å². The van der Waals surface area contributed by atoms with Crippen molar-refractivity contribution in [3.63, 3.8) is 0 Å². The number of rotatable bonds is 7. The molecule has 0 bridgehead atoms. The molecule has 172 valence electrons. The van der Waals surface area contributed by atoms with Gasteiger partial charge in [-0.2, -0.15) is 0 Å². The number of anilines is 3. The molecule has 3 aromatic rings. The highest BCUT2D eigenvalue weighted by Crippen LogP contribution is 2.31. The lowest BCUT2D eigenvalue weighted by molar-refractivity contribution is -0.142. The molecule has 0 aliphatic heterocycles. The van der Waals surface area contributed by atoms with Crippen LogP contribution in [-0.2, 0) is 4.79 Å². The number of aliphatic carboxylic acids is 1. The van der Waals surface area contributed by atoms with Crippen molar-refractivity contribution in [1.82, 2.24) is 19.6 Å². The van der Waals surface area contributed by atoms with Gasteiger partial charge >= 0.3 is 5.97 Å². The molecule has 0 saturated heterocycles. The number of hydrogen-bond acceptors (Lipinski definition) is 7. The van der Waals surface area contributed by atoms with Crippen molar-refractivity contribution in [3.05, 3.63) is 42.2 Å². The molecule has 0 unspecified atom stereocenters. The van der Waals surface area contributed by atoms with Crippen LogP contribution in [0.5, 0.6) is 0 Å². The summed E-state index contributed by atoms with van der Waals surface area (Å²) in [6.07, 6.45) is 8.62. The first-order valence-corrected chi connectivity index (χ1v) is 11.0. The topological polar surface area (TPSA) is 134 Å². The Morgan fingerprint density at radius 3 is 2.45 bits per heavy atom. The first-order valence-electron chi connectivity index (χ1n) is 11.0. The molecule has 1 amide bonds. The van der Waals surface area contributed by atoms with Crippen molar-refractivity contribution in [3.8, 4) is 0 Å². The van der Waals surface area contributed by atoms with Crippen molar-refractivity contribution < 1.29 is 19.1 Å². The van der Waals surface area contributed by atoms with Crippen LogP contribution in [0.15, 0.2) is 30.7 Å². The normalized spacial score (nSPS) is 20.4. The van der Waals surface area contributed by atoms with E-state index in [9.17, 15) is 19.1 Å². The largest absolute Gasteiger partial charge is 0.481 e. The van der Waals surface area contributed by atoms with E-state index in [1.807, 2.05) is 6.07 Å². The van der Waals surface area contributed by atoms with Gasteiger partial charge in [-0.15, -0.1) is 5.10 Å². The monoisotopic (exact) mass is 453 g/mol. The second-order valence-electron chi connectivity index (χ2n) is 8.58.